The van der Waals surface area contributed by atoms with Gasteiger partial charge in [0, 0.05) is 27.4 Å². The van der Waals surface area contributed by atoms with Gasteiger partial charge in [-0.3, -0.25) is 9.48 Å². The molecule has 8 nitrogen and oxygen atoms in total. The first kappa shape index (κ1) is 24.7. The first-order chi connectivity index (χ1) is 17.8. The second-order valence-corrected chi connectivity index (χ2v) is 8.78. The Bertz CT molecular complexity index is 1580. The zero-order chi connectivity index (χ0) is 26.1. The minimum Gasteiger partial charge on any atom is -0.497 e. The van der Waals surface area contributed by atoms with Gasteiger partial charge < -0.3 is 10.1 Å². The number of ether oxygens (including phenoxy) is 1. The summed E-state index contributed by atoms with van der Waals surface area (Å²) in [5.41, 5.74) is 1.55. The molecule has 0 saturated heterocycles. The van der Waals surface area contributed by atoms with Crippen molar-refractivity contribution in [2.45, 2.75) is 13.0 Å². The van der Waals surface area contributed by atoms with Gasteiger partial charge in [0.2, 0.25) is 0 Å². The number of anilines is 1. The van der Waals surface area contributed by atoms with Crippen LogP contribution in [0.2, 0.25) is 10.0 Å². The number of carbonyl (C=O) groups excluding carboxylic acids is 1. The summed E-state index contributed by atoms with van der Waals surface area (Å²) in [5.74, 6) is 0.0330. The smallest absolute Gasteiger partial charge is 0.280 e. The van der Waals surface area contributed by atoms with Gasteiger partial charge in [0.15, 0.2) is 5.65 Å². The zero-order valence-corrected chi connectivity index (χ0v) is 20.7. The molecule has 1 amide bonds. The number of carbonyl (C=O) groups is 1. The number of hydrogen-bond acceptors (Lipinski definition) is 5. The van der Waals surface area contributed by atoms with Gasteiger partial charge in [-0.1, -0.05) is 29.3 Å². The molecule has 5 rings (SSSR count). The standard InChI is InChI=1S/C25H18Cl2F2N6O2/c1-37-16-7-5-14(6-8-16)21-9-22(23(28)29)35-24(33-21)17(11-31-35)25(36)32-15-10-30-34(12-15)13-18-19(26)3-2-4-20(18)27/h2-12,23H,13H2,1H3,(H,32,36). The Morgan fingerprint density at radius 2 is 1.81 bits per heavy atom. The van der Waals surface area contributed by atoms with Crippen LogP contribution in [0.25, 0.3) is 16.9 Å². The van der Waals surface area contributed by atoms with E-state index in [0.29, 0.717) is 32.6 Å². The Morgan fingerprint density at radius 1 is 1.08 bits per heavy atom. The number of methoxy groups -OCH3 is 1. The lowest BCUT2D eigenvalue weighted by Crippen LogP contribution is -2.12. The summed E-state index contributed by atoms with van der Waals surface area (Å²) >= 11 is 12.5. The van der Waals surface area contributed by atoms with Gasteiger partial charge in [0.05, 0.1) is 37.4 Å². The molecule has 5 aromatic rings. The molecule has 1 N–H and O–H groups in total. The number of hydrogen-bond donors (Lipinski definition) is 1. The summed E-state index contributed by atoms with van der Waals surface area (Å²) in [6.07, 6.45) is 1.42. The molecule has 0 aliphatic rings. The van der Waals surface area contributed by atoms with E-state index >= 15 is 0 Å². The number of nitrogens with one attached hydrogen (secondary N) is 1. The maximum atomic E-state index is 13.9. The molecule has 0 aliphatic carbocycles. The third-order valence-corrected chi connectivity index (χ3v) is 6.33. The molecule has 0 aliphatic heterocycles. The van der Waals surface area contributed by atoms with Gasteiger partial charge in [0.1, 0.15) is 17.0 Å². The van der Waals surface area contributed by atoms with Gasteiger partial charge in [0.25, 0.3) is 12.3 Å². The molecule has 0 bridgehead atoms. The molecule has 0 radical (unpaired) electrons. The molecule has 3 aromatic heterocycles. The van der Waals surface area contributed by atoms with E-state index in [9.17, 15) is 13.6 Å². The van der Waals surface area contributed by atoms with Crippen molar-refractivity contribution in [1.82, 2.24) is 24.4 Å². The highest BCUT2D eigenvalue weighted by Crippen LogP contribution is 2.29. The lowest BCUT2D eigenvalue weighted by molar-refractivity contribution is 0.102. The van der Waals surface area contributed by atoms with Gasteiger partial charge >= 0.3 is 0 Å². The molecule has 0 atom stereocenters. The Labute approximate surface area is 219 Å². The maximum Gasteiger partial charge on any atom is 0.280 e. The van der Waals surface area contributed by atoms with Crippen LogP contribution < -0.4 is 10.1 Å². The third-order valence-electron chi connectivity index (χ3n) is 5.63. The number of rotatable bonds is 7. The fourth-order valence-electron chi connectivity index (χ4n) is 3.77. The van der Waals surface area contributed by atoms with Crippen molar-refractivity contribution in [2.24, 2.45) is 0 Å². The number of alkyl halides is 2. The molecular formula is C25H18Cl2F2N6O2. The Hall–Kier alpha value is -4.02. The van der Waals surface area contributed by atoms with E-state index in [-0.39, 0.29) is 29.1 Å². The van der Waals surface area contributed by atoms with Gasteiger partial charge in [-0.2, -0.15) is 10.2 Å². The third kappa shape index (κ3) is 4.98. The molecule has 12 heteroatoms. The molecular weight excluding hydrogens is 525 g/mol. The highest BCUT2D eigenvalue weighted by atomic mass is 35.5. The van der Waals surface area contributed by atoms with Crippen molar-refractivity contribution in [1.29, 1.82) is 0 Å². The highest BCUT2D eigenvalue weighted by molar-refractivity contribution is 6.36. The summed E-state index contributed by atoms with van der Waals surface area (Å²) in [6, 6.07) is 13.2. The number of halogens is 4. The fourth-order valence-corrected chi connectivity index (χ4v) is 4.29. The monoisotopic (exact) mass is 542 g/mol. The number of fused-ring (bicyclic) bond motifs is 1. The lowest BCUT2D eigenvalue weighted by Gasteiger charge is -2.09. The van der Waals surface area contributed by atoms with Gasteiger partial charge in [-0.05, 0) is 42.5 Å². The zero-order valence-electron chi connectivity index (χ0n) is 19.2. The fraction of sp³-hybridized carbons (Fsp3) is 0.120. The minimum atomic E-state index is -2.84. The van der Waals surface area contributed by atoms with Crippen LogP contribution in [0.15, 0.2) is 67.1 Å². The quantitative estimate of drug-likeness (QED) is 0.266. The van der Waals surface area contributed by atoms with E-state index in [1.54, 1.807) is 53.3 Å². The predicted molar refractivity (Wildman–Crippen MR) is 136 cm³/mol. The van der Waals surface area contributed by atoms with Crippen LogP contribution in [0.1, 0.15) is 28.0 Å². The van der Waals surface area contributed by atoms with Crippen LogP contribution >= 0.6 is 23.2 Å². The van der Waals surface area contributed by atoms with E-state index in [0.717, 1.165) is 4.52 Å². The maximum absolute atomic E-state index is 13.9. The van der Waals surface area contributed by atoms with E-state index in [1.165, 1.54) is 25.6 Å². The second kappa shape index (κ2) is 10.2. The van der Waals surface area contributed by atoms with E-state index in [1.807, 2.05) is 0 Å². The van der Waals surface area contributed by atoms with Gasteiger partial charge in [-0.25, -0.2) is 18.3 Å². The van der Waals surface area contributed by atoms with Crippen LogP contribution in [0.3, 0.4) is 0 Å². The molecule has 0 saturated carbocycles. The van der Waals surface area contributed by atoms with Crippen LogP contribution in [0.4, 0.5) is 14.5 Å². The van der Waals surface area contributed by atoms with Gasteiger partial charge in [-0.15, -0.1) is 0 Å². The van der Waals surface area contributed by atoms with Crippen LogP contribution in [0, 0.1) is 0 Å². The van der Waals surface area contributed by atoms with Crippen LogP contribution in [-0.4, -0.2) is 37.4 Å². The summed E-state index contributed by atoms with van der Waals surface area (Å²) in [5, 5.41) is 11.9. The molecule has 0 fully saturated rings. The molecule has 2 aromatic carbocycles. The largest absolute Gasteiger partial charge is 0.497 e. The van der Waals surface area contributed by atoms with Crippen molar-refractivity contribution >= 4 is 40.4 Å². The average Bonchev–Trinajstić information content (AvgIpc) is 3.52. The molecule has 188 valence electrons. The summed E-state index contributed by atoms with van der Waals surface area (Å²) in [6.45, 7) is 0.287. The first-order valence-electron chi connectivity index (χ1n) is 10.9. The number of aromatic nitrogens is 5. The SMILES string of the molecule is COc1ccc(-c2cc(C(F)F)n3ncc(C(=O)Nc4cnn(Cc5c(Cl)cccc5Cl)c4)c3n2)cc1. The summed E-state index contributed by atoms with van der Waals surface area (Å²) in [7, 11) is 1.53. The normalized spacial score (nSPS) is 11.3. The van der Waals surface area contributed by atoms with Crippen LogP contribution in [0.5, 0.6) is 5.75 Å². The Balaban J connectivity index is 1.44. The average molecular weight is 543 g/mol. The molecule has 0 unspecified atom stereocenters. The van der Waals surface area contributed by atoms with E-state index < -0.39 is 12.3 Å². The van der Waals surface area contributed by atoms with E-state index in [2.05, 4.69) is 20.5 Å². The van der Waals surface area contributed by atoms with Crippen LogP contribution in [-0.2, 0) is 6.54 Å². The predicted octanol–water partition coefficient (Wildman–Crippen LogP) is 6.15. The topological polar surface area (TPSA) is 86.3 Å². The Morgan fingerprint density at radius 3 is 2.49 bits per heavy atom. The summed E-state index contributed by atoms with van der Waals surface area (Å²) in [4.78, 5) is 17.6. The summed E-state index contributed by atoms with van der Waals surface area (Å²) < 4.78 is 35.4. The highest BCUT2D eigenvalue weighted by Gasteiger charge is 2.22. The first-order valence-corrected chi connectivity index (χ1v) is 11.7. The second-order valence-electron chi connectivity index (χ2n) is 7.97. The Kier molecular flexibility index (Phi) is 6.77. The van der Waals surface area contributed by atoms with Crippen molar-refractivity contribution < 1.29 is 18.3 Å². The van der Waals surface area contributed by atoms with Crippen molar-refractivity contribution in [3.05, 3.63) is 94.0 Å². The van der Waals surface area contributed by atoms with E-state index in [4.69, 9.17) is 27.9 Å². The molecule has 37 heavy (non-hydrogen) atoms. The van der Waals surface area contributed by atoms with Crippen molar-refractivity contribution in [3.63, 3.8) is 0 Å². The number of nitrogens with zero attached hydrogens (tertiary/aromatic N) is 5. The molecule has 3 heterocycles. The minimum absolute atomic E-state index is 0.00337. The van der Waals surface area contributed by atoms with Crippen molar-refractivity contribution in [3.8, 4) is 17.0 Å². The molecule has 0 spiro atoms. The number of benzene rings is 2. The lowest BCUT2D eigenvalue weighted by atomic mass is 10.1. The number of amides is 1. The van der Waals surface area contributed by atoms with Crippen molar-refractivity contribution in [2.75, 3.05) is 12.4 Å².